The molecule has 0 saturated heterocycles. The van der Waals surface area contributed by atoms with Gasteiger partial charge < -0.3 is 5.32 Å². The van der Waals surface area contributed by atoms with Gasteiger partial charge in [-0.25, -0.2) is 8.42 Å². The Morgan fingerprint density at radius 2 is 1.54 bits per heavy atom. The first-order valence-corrected chi connectivity index (χ1v) is 10.9. The number of aryl methyl sites for hydroxylation is 1. The summed E-state index contributed by atoms with van der Waals surface area (Å²) in [5.74, 6) is -0.500. The van der Waals surface area contributed by atoms with Gasteiger partial charge in [0.2, 0.25) is 0 Å². The predicted octanol–water partition coefficient (Wildman–Crippen LogP) is 5.46. The van der Waals surface area contributed by atoms with Crippen LogP contribution in [0, 0.1) is 6.92 Å². The van der Waals surface area contributed by atoms with Crippen molar-refractivity contribution in [3.63, 3.8) is 0 Å². The van der Waals surface area contributed by atoms with Gasteiger partial charge in [0.05, 0.1) is 15.5 Å². The smallest absolute Gasteiger partial charge is 0.261 e. The molecule has 28 heavy (non-hydrogen) atoms. The van der Waals surface area contributed by atoms with Gasteiger partial charge in [-0.1, -0.05) is 45.2 Å². The Morgan fingerprint density at radius 3 is 2.18 bits per heavy atom. The van der Waals surface area contributed by atoms with Gasteiger partial charge in [-0.3, -0.25) is 9.52 Å². The van der Waals surface area contributed by atoms with Crippen molar-refractivity contribution in [2.24, 2.45) is 0 Å². The van der Waals surface area contributed by atoms with Gasteiger partial charge in [0.15, 0.2) is 0 Å². The van der Waals surface area contributed by atoms with E-state index in [1.165, 1.54) is 18.2 Å². The van der Waals surface area contributed by atoms with Crippen LogP contribution in [0.1, 0.15) is 15.9 Å². The highest BCUT2D eigenvalue weighted by molar-refractivity contribution is 9.10. The molecule has 144 valence electrons. The van der Waals surface area contributed by atoms with Crippen molar-refractivity contribution >= 4 is 54.8 Å². The van der Waals surface area contributed by atoms with E-state index in [0.29, 0.717) is 11.4 Å². The average Bonchev–Trinajstić information content (AvgIpc) is 2.65. The first-order valence-electron chi connectivity index (χ1n) is 8.20. The highest BCUT2D eigenvalue weighted by Crippen LogP contribution is 2.24. The molecule has 5 nitrogen and oxygen atoms in total. The van der Waals surface area contributed by atoms with Crippen LogP contribution in [-0.2, 0) is 10.0 Å². The molecule has 1 amide bonds. The van der Waals surface area contributed by atoms with Crippen LogP contribution in [0.2, 0.25) is 5.02 Å². The molecular formula is C20H16BrClN2O3S. The maximum Gasteiger partial charge on any atom is 0.261 e. The second-order valence-corrected chi connectivity index (χ2v) is 9.08. The van der Waals surface area contributed by atoms with Gasteiger partial charge in [0.25, 0.3) is 15.9 Å². The Balaban J connectivity index is 1.86. The van der Waals surface area contributed by atoms with E-state index in [9.17, 15) is 13.2 Å². The Kier molecular flexibility index (Phi) is 6.07. The van der Waals surface area contributed by atoms with Crippen LogP contribution in [-0.4, -0.2) is 14.3 Å². The molecule has 0 bridgehead atoms. The van der Waals surface area contributed by atoms with Gasteiger partial charge in [-0.15, -0.1) is 0 Å². The summed E-state index contributed by atoms with van der Waals surface area (Å²) >= 11 is 9.45. The minimum absolute atomic E-state index is 0.0570. The number of hydrogen-bond acceptors (Lipinski definition) is 3. The number of amides is 1. The van der Waals surface area contributed by atoms with E-state index in [2.05, 4.69) is 26.0 Å². The summed E-state index contributed by atoms with van der Waals surface area (Å²) in [6, 6.07) is 17.9. The molecule has 0 spiro atoms. The number of halogens is 2. The van der Waals surface area contributed by atoms with E-state index in [1.54, 1.807) is 48.5 Å². The molecule has 8 heteroatoms. The highest BCUT2D eigenvalue weighted by atomic mass is 79.9. The molecule has 3 rings (SSSR count). The monoisotopic (exact) mass is 478 g/mol. The lowest BCUT2D eigenvalue weighted by Gasteiger charge is -2.11. The Bertz CT molecular complexity index is 1120. The average molecular weight is 480 g/mol. The molecule has 0 unspecified atom stereocenters. The number of hydrogen-bond donors (Lipinski definition) is 2. The summed E-state index contributed by atoms with van der Waals surface area (Å²) < 4.78 is 28.7. The molecular weight excluding hydrogens is 464 g/mol. The first kappa shape index (κ1) is 20.4. The van der Waals surface area contributed by atoms with Crippen molar-refractivity contribution in [1.82, 2.24) is 0 Å². The molecule has 2 N–H and O–H groups in total. The Hall–Kier alpha value is -2.35. The number of anilines is 2. The second kappa shape index (κ2) is 8.34. The summed E-state index contributed by atoms with van der Waals surface area (Å²) in [7, 11) is -3.87. The van der Waals surface area contributed by atoms with Crippen molar-refractivity contribution in [3.05, 3.63) is 87.4 Å². The van der Waals surface area contributed by atoms with Crippen LogP contribution >= 0.6 is 27.5 Å². The standard InChI is InChI=1S/C20H16BrClN2O3S/c1-13-2-6-16(7-3-13)24-28(26,27)17-10-11-19(22)18(12-17)20(25)23-15-8-4-14(21)5-9-15/h2-12,24H,1H3,(H,23,25). The molecule has 0 radical (unpaired) electrons. The topological polar surface area (TPSA) is 75.3 Å². The number of rotatable bonds is 5. The third-order valence-corrected chi connectivity index (χ3v) is 6.14. The van der Waals surface area contributed by atoms with Gasteiger partial charge in [0.1, 0.15) is 0 Å². The van der Waals surface area contributed by atoms with Crippen molar-refractivity contribution in [3.8, 4) is 0 Å². The zero-order chi connectivity index (χ0) is 20.3. The van der Waals surface area contributed by atoms with E-state index in [0.717, 1.165) is 10.0 Å². The van der Waals surface area contributed by atoms with E-state index >= 15 is 0 Å². The number of nitrogens with one attached hydrogen (secondary N) is 2. The van der Waals surface area contributed by atoms with Crippen molar-refractivity contribution in [2.45, 2.75) is 11.8 Å². The molecule has 3 aromatic carbocycles. The number of benzene rings is 3. The van der Waals surface area contributed by atoms with E-state index in [1.807, 2.05) is 6.92 Å². The Labute approximate surface area is 176 Å². The summed E-state index contributed by atoms with van der Waals surface area (Å²) in [5, 5.41) is 2.86. The fourth-order valence-corrected chi connectivity index (χ4v) is 3.97. The van der Waals surface area contributed by atoms with Crippen LogP contribution in [0.3, 0.4) is 0 Å². The predicted molar refractivity (Wildman–Crippen MR) is 116 cm³/mol. The fourth-order valence-electron chi connectivity index (χ4n) is 2.41. The number of carbonyl (C=O) groups is 1. The lowest BCUT2D eigenvalue weighted by atomic mass is 10.2. The van der Waals surface area contributed by atoms with Gasteiger partial charge in [-0.05, 0) is 61.5 Å². The zero-order valence-corrected chi connectivity index (χ0v) is 17.9. The number of sulfonamides is 1. The van der Waals surface area contributed by atoms with Gasteiger partial charge in [0, 0.05) is 15.8 Å². The summed E-state index contributed by atoms with van der Waals surface area (Å²) in [4.78, 5) is 12.5. The first-order chi connectivity index (χ1) is 13.2. The largest absolute Gasteiger partial charge is 0.322 e. The quantitative estimate of drug-likeness (QED) is 0.510. The minimum atomic E-state index is -3.87. The molecule has 0 saturated carbocycles. The van der Waals surface area contributed by atoms with Crippen molar-refractivity contribution in [2.75, 3.05) is 10.0 Å². The van der Waals surface area contributed by atoms with E-state index in [4.69, 9.17) is 11.6 Å². The van der Waals surface area contributed by atoms with E-state index in [-0.39, 0.29) is 15.5 Å². The minimum Gasteiger partial charge on any atom is -0.322 e. The molecule has 0 heterocycles. The molecule has 0 atom stereocenters. The van der Waals surface area contributed by atoms with Crippen molar-refractivity contribution < 1.29 is 13.2 Å². The lowest BCUT2D eigenvalue weighted by Crippen LogP contribution is -2.16. The maximum atomic E-state index is 12.7. The summed E-state index contributed by atoms with van der Waals surface area (Å²) in [6.45, 7) is 1.91. The molecule has 0 aromatic heterocycles. The van der Waals surface area contributed by atoms with E-state index < -0.39 is 15.9 Å². The van der Waals surface area contributed by atoms with Gasteiger partial charge in [-0.2, -0.15) is 0 Å². The lowest BCUT2D eigenvalue weighted by molar-refractivity contribution is 0.102. The highest BCUT2D eigenvalue weighted by Gasteiger charge is 2.19. The van der Waals surface area contributed by atoms with Crippen LogP contribution in [0.15, 0.2) is 76.1 Å². The number of carbonyl (C=O) groups excluding carboxylic acids is 1. The molecule has 3 aromatic rings. The maximum absolute atomic E-state index is 12.7. The van der Waals surface area contributed by atoms with Crippen LogP contribution in [0.5, 0.6) is 0 Å². The van der Waals surface area contributed by atoms with Crippen molar-refractivity contribution in [1.29, 1.82) is 0 Å². The van der Waals surface area contributed by atoms with Gasteiger partial charge >= 0.3 is 0 Å². The SMILES string of the molecule is Cc1ccc(NS(=O)(=O)c2ccc(Cl)c(C(=O)Nc3ccc(Br)cc3)c2)cc1. The summed E-state index contributed by atoms with van der Waals surface area (Å²) in [5.41, 5.74) is 2.08. The third kappa shape index (κ3) is 4.92. The molecule has 0 aliphatic rings. The van der Waals surface area contributed by atoms with Crippen LogP contribution in [0.4, 0.5) is 11.4 Å². The summed E-state index contributed by atoms with van der Waals surface area (Å²) in [6.07, 6.45) is 0. The normalized spacial score (nSPS) is 11.1. The Morgan fingerprint density at radius 1 is 0.929 bits per heavy atom. The second-order valence-electron chi connectivity index (χ2n) is 6.07. The third-order valence-electron chi connectivity index (χ3n) is 3.90. The molecule has 0 aliphatic heterocycles. The molecule has 0 aliphatic carbocycles. The van der Waals surface area contributed by atoms with Crippen LogP contribution in [0.25, 0.3) is 0 Å². The molecule has 0 fully saturated rings. The fraction of sp³-hybridized carbons (Fsp3) is 0.0500. The zero-order valence-electron chi connectivity index (χ0n) is 14.7. The van der Waals surface area contributed by atoms with Crippen LogP contribution < -0.4 is 10.0 Å².